The van der Waals surface area contributed by atoms with Gasteiger partial charge in [-0.1, -0.05) is 6.92 Å². The van der Waals surface area contributed by atoms with Crippen LogP contribution in [0.2, 0.25) is 0 Å². The van der Waals surface area contributed by atoms with Gasteiger partial charge < -0.3 is 10.1 Å². The number of thiophene rings is 1. The van der Waals surface area contributed by atoms with Gasteiger partial charge in [0.25, 0.3) is 0 Å². The highest BCUT2D eigenvalue weighted by Crippen LogP contribution is 2.32. The van der Waals surface area contributed by atoms with Crippen LogP contribution in [-0.2, 0) is 0 Å². The summed E-state index contributed by atoms with van der Waals surface area (Å²) in [5, 5.41) is 3.51. The molecule has 0 saturated heterocycles. The number of nitrogens with zero attached hydrogens (tertiary/aromatic N) is 1. The summed E-state index contributed by atoms with van der Waals surface area (Å²) in [6, 6.07) is 6.51. The summed E-state index contributed by atoms with van der Waals surface area (Å²) in [6.07, 6.45) is 3.57. The van der Waals surface area contributed by atoms with Crippen molar-refractivity contribution in [1.82, 2.24) is 10.3 Å². The molecule has 4 heteroatoms. The molecule has 0 bridgehead atoms. The molecule has 2 rings (SSSR count). The summed E-state index contributed by atoms with van der Waals surface area (Å²) in [5.41, 5.74) is 1.14. The second-order valence-electron chi connectivity index (χ2n) is 4.06. The van der Waals surface area contributed by atoms with Gasteiger partial charge in [0.1, 0.15) is 5.75 Å². The van der Waals surface area contributed by atoms with E-state index in [0.29, 0.717) is 0 Å². The topological polar surface area (TPSA) is 34.2 Å². The van der Waals surface area contributed by atoms with Gasteiger partial charge in [0, 0.05) is 21.5 Å². The monoisotopic (exact) mass is 262 g/mol. The fraction of sp³-hybridized carbons (Fsp3) is 0.357. The molecule has 0 aliphatic rings. The largest absolute Gasteiger partial charge is 0.495 e. The number of nitrogens with one attached hydrogen (secondary N) is 1. The van der Waals surface area contributed by atoms with Gasteiger partial charge in [0.15, 0.2) is 0 Å². The molecule has 0 aliphatic heterocycles. The first-order valence-electron chi connectivity index (χ1n) is 6.04. The highest BCUT2D eigenvalue weighted by molar-refractivity contribution is 7.12. The number of aromatic nitrogens is 1. The van der Waals surface area contributed by atoms with E-state index in [9.17, 15) is 0 Å². The second kappa shape index (κ2) is 5.98. The molecule has 2 aromatic heterocycles. The minimum Gasteiger partial charge on any atom is -0.495 e. The first-order valence-corrected chi connectivity index (χ1v) is 6.85. The molecule has 2 aromatic rings. The summed E-state index contributed by atoms with van der Waals surface area (Å²) >= 11 is 1.81. The van der Waals surface area contributed by atoms with Crippen LogP contribution >= 0.6 is 11.3 Å². The Bertz CT molecular complexity index is 510. The van der Waals surface area contributed by atoms with Crippen LogP contribution in [0.3, 0.4) is 0 Å². The van der Waals surface area contributed by atoms with Gasteiger partial charge in [0.05, 0.1) is 19.3 Å². The van der Waals surface area contributed by atoms with Gasteiger partial charge in [-0.25, -0.2) is 0 Å². The van der Waals surface area contributed by atoms with E-state index >= 15 is 0 Å². The van der Waals surface area contributed by atoms with Crippen LogP contribution in [0.25, 0.3) is 0 Å². The normalized spacial score (nSPS) is 12.4. The standard InChI is InChI=1S/C14H18N2OS/c1-4-16-14(13-6-5-10(2)18-13)11-7-8-15-9-12(11)17-3/h5-9,14,16H,4H2,1-3H3. The Morgan fingerprint density at radius 3 is 2.83 bits per heavy atom. The van der Waals surface area contributed by atoms with Crippen LogP contribution in [0.5, 0.6) is 5.75 Å². The maximum Gasteiger partial charge on any atom is 0.142 e. The lowest BCUT2D eigenvalue weighted by molar-refractivity contribution is 0.402. The first kappa shape index (κ1) is 13.1. The summed E-state index contributed by atoms with van der Waals surface area (Å²) in [5.74, 6) is 0.828. The van der Waals surface area contributed by atoms with Crippen molar-refractivity contribution in [2.45, 2.75) is 19.9 Å². The Morgan fingerprint density at radius 2 is 2.22 bits per heavy atom. The molecule has 3 nitrogen and oxygen atoms in total. The van der Waals surface area contributed by atoms with Crippen LogP contribution in [-0.4, -0.2) is 18.6 Å². The van der Waals surface area contributed by atoms with Crippen molar-refractivity contribution >= 4 is 11.3 Å². The lowest BCUT2D eigenvalue weighted by Gasteiger charge is -2.19. The van der Waals surface area contributed by atoms with Crippen molar-refractivity contribution in [2.24, 2.45) is 0 Å². The maximum atomic E-state index is 5.40. The minimum absolute atomic E-state index is 0.173. The molecular weight excluding hydrogens is 244 g/mol. The Labute approximate surface area is 112 Å². The molecule has 18 heavy (non-hydrogen) atoms. The number of hydrogen-bond donors (Lipinski definition) is 1. The number of pyridine rings is 1. The van der Waals surface area contributed by atoms with E-state index < -0.39 is 0 Å². The summed E-state index contributed by atoms with van der Waals surface area (Å²) in [4.78, 5) is 6.73. The van der Waals surface area contributed by atoms with Crippen LogP contribution < -0.4 is 10.1 Å². The number of aryl methyl sites for hydroxylation is 1. The van der Waals surface area contributed by atoms with Crippen molar-refractivity contribution in [3.63, 3.8) is 0 Å². The lowest BCUT2D eigenvalue weighted by atomic mass is 10.1. The van der Waals surface area contributed by atoms with Gasteiger partial charge in [-0.2, -0.15) is 0 Å². The zero-order valence-corrected chi connectivity index (χ0v) is 11.8. The van der Waals surface area contributed by atoms with Crippen molar-refractivity contribution < 1.29 is 4.74 Å². The maximum absolute atomic E-state index is 5.40. The van der Waals surface area contributed by atoms with Crippen LogP contribution in [0.15, 0.2) is 30.6 Å². The molecule has 0 saturated carbocycles. The van der Waals surface area contributed by atoms with E-state index in [2.05, 4.69) is 36.3 Å². The number of methoxy groups -OCH3 is 1. The van der Waals surface area contributed by atoms with Crippen LogP contribution in [0, 0.1) is 6.92 Å². The Kier molecular flexibility index (Phi) is 4.33. The molecular formula is C14H18N2OS. The summed E-state index contributed by atoms with van der Waals surface area (Å²) in [7, 11) is 1.68. The summed E-state index contributed by atoms with van der Waals surface area (Å²) in [6.45, 7) is 5.15. The molecule has 0 aromatic carbocycles. The smallest absolute Gasteiger partial charge is 0.142 e. The quantitative estimate of drug-likeness (QED) is 0.898. The van der Waals surface area contributed by atoms with E-state index in [1.807, 2.05) is 23.6 Å². The highest BCUT2D eigenvalue weighted by Gasteiger charge is 2.18. The van der Waals surface area contributed by atoms with Crippen molar-refractivity contribution in [3.05, 3.63) is 45.9 Å². The van der Waals surface area contributed by atoms with Crippen LogP contribution in [0.4, 0.5) is 0 Å². The lowest BCUT2D eigenvalue weighted by Crippen LogP contribution is -2.21. The number of ether oxygens (including phenoxy) is 1. The minimum atomic E-state index is 0.173. The SMILES string of the molecule is CCNC(c1ccc(C)s1)c1ccncc1OC. The molecule has 0 amide bonds. The predicted molar refractivity (Wildman–Crippen MR) is 75.4 cm³/mol. The molecule has 0 radical (unpaired) electrons. The van der Waals surface area contributed by atoms with E-state index in [4.69, 9.17) is 4.74 Å². The Hall–Kier alpha value is -1.39. The van der Waals surface area contributed by atoms with Crippen molar-refractivity contribution in [1.29, 1.82) is 0 Å². The molecule has 1 atom stereocenters. The van der Waals surface area contributed by atoms with E-state index in [0.717, 1.165) is 17.9 Å². The highest BCUT2D eigenvalue weighted by atomic mass is 32.1. The first-order chi connectivity index (χ1) is 8.76. The fourth-order valence-electron chi connectivity index (χ4n) is 1.98. The molecule has 96 valence electrons. The molecule has 1 N–H and O–H groups in total. The summed E-state index contributed by atoms with van der Waals surface area (Å²) < 4.78 is 5.40. The average Bonchev–Trinajstić information content (AvgIpc) is 2.82. The third-order valence-corrected chi connectivity index (χ3v) is 3.87. The Morgan fingerprint density at radius 1 is 1.39 bits per heavy atom. The number of hydrogen-bond acceptors (Lipinski definition) is 4. The third-order valence-electron chi connectivity index (χ3n) is 2.80. The molecule has 0 spiro atoms. The molecule has 1 unspecified atom stereocenters. The van der Waals surface area contributed by atoms with E-state index in [1.165, 1.54) is 9.75 Å². The van der Waals surface area contributed by atoms with Gasteiger partial charge >= 0.3 is 0 Å². The van der Waals surface area contributed by atoms with E-state index in [1.54, 1.807) is 13.3 Å². The van der Waals surface area contributed by atoms with Gasteiger partial charge in [-0.05, 0) is 31.7 Å². The van der Waals surface area contributed by atoms with E-state index in [-0.39, 0.29) is 6.04 Å². The molecule has 0 aliphatic carbocycles. The predicted octanol–water partition coefficient (Wildman–Crippen LogP) is 3.16. The number of rotatable bonds is 5. The zero-order chi connectivity index (χ0) is 13.0. The van der Waals surface area contributed by atoms with Crippen LogP contribution in [0.1, 0.15) is 28.3 Å². The third kappa shape index (κ3) is 2.71. The average molecular weight is 262 g/mol. The van der Waals surface area contributed by atoms with Crippen molar-refractivity contribution in [2.75, 3.05) is 13.7 Å². The second-order valence-corrected chi connectivity index (χ2v) is 5.38. The van der Waals surface area contributed by atoms with Crippen molar-refractivity contribution in [3.8, 4) is 5.75 Å². The molecule has 2 heterocycles. The zero-order valence-electron chi connectivity index (χ0n) is 10.9. The Balaban J connectivity index is 2.41. The fourth-order valence-corrected chi connectivity index (χ4v) is 2.95. The van der Waals surface area contributed by atoms with Gasteiger partial charge in [-0.3, -0.25) is 4.98 Å². The van der Waals surface area contributed by atoms with Gasteiger partial charge in [-0.15, -0.1) is 11.3 Å². The molecule has 0 fully saturated rings. The van der Waals surface area contributed by atoms with Gasteiger partial charge in [0.2, 0.25) is 0 Å².